The van der Waals surface area contributed by atoms with Crippen molar-refractivity contribution in [3.8, 4) is 11.1 Å². The Bertz CT molecular complexity index is 897. The average molecular weight is 410 g/mol. The van der Waals surface area contributed by atoms with Crippen LogP contribution in [0.3, 0.4) is 0 Å². The largest absolute Gasteiger partial charge is 0.480 e. The minimum absolute atomic E-state index is 0.0103. The molecule has 0 aromatic heterocycles. The molecule has 0 fully saturated rings. The van der Waals surface area contributed by atoms with Crippen molar-refractivity contribution >= 4 is 18.0 Å². The molecule has 2 aromatic rings. The van der Waals surface area contributed by atoms with Crippen molar-refractivity contribution in [2.75, 3.05) is 13.2 Å². The number of ether oxygens (including phenoxy) is 1. The monoisotopic (exact) mass is 410 g/mol. The van der Waals surface area contributed by atoms with Crippen LogP contribution in [0.15, 0.2) is 48.5 Å². The van der Waals surface area contributed by atoms with Gasteiger partial charge in [0.25, 0.3) is 0 Å². The van der Waals surface area contributed by atoms with Crippen LogP contribution in [0.1, 0.15) is 37.3 Å². The minimum atomic E-state index is -1.09. The fraction of sp³-hybridized carbons (Fsp3) is 0.348. The molecule has 30 heavy (non-hydrogen) atoms. The van der Waals surface area contributed by atoms with Gasteiger partial charge in [0.2, 0.25) is 5.91 Å². The lowest BCUT2D eigenvalue weighted by Gasteiger charge is -2.16. The summed E-state index contributed by atoms with van der Waals surface area (Å²) in [7, 11) is 0. The molecule has 0 aliphatic heterocycles. The highest BCUT2D eigenvalue weighted by atomic mass is 16.5. The van der Waals surface area contributed by atoms with Gasteiger partial charge in [-0.05, 0) is 35.1 Å². The predicted molar refractivity (Wildman–Crippen MR) is 112 cm³/mol. The van der Waals surface area contributed by atoms with Crippen LogP contribution in [0.2, 0.25) is 0 Å². The first-order chi connectivity index (χ1) is 14.4. The van der Waals surface area contributed by atoms with E-state index in [1.165, 1.54) is 6.92 Å². The average Bonchev–Trinajstić information content (AvgIpc) is 3.04. The van der Waals surface area contributed by atoms with E-state index in [0.717, 1.165) is 22.3 Å². The lowest BCUT2D eigenvalue weighted by Crippen LogP contribution is -2.40. The van der Waals surface area contributed by atoms with Crippen LogP contribution in [0.25, 0.3) is 11.1 Å². The molecule has 0 bridgehead atoms. The van der Waals surface area contributed by atoms with Crippen molar-refractivity contribution in [1.29, 1.82) is 0 Å². The van der Waals surface area contributed by atoms with Gasteiger partial charge in [0, 0.05) is 18.9 Å². The molecule has 0 heterocycles. The number of aliphatic carboxylic acids is 1. The number of carbonyl (C=O) groups is 3. The number of carboxylic acid groups (broad SMARTS) is 1. The van der Waals surface area contributed by atoms with Crippen LogP contribution in [0.4, 0.5) is 4.79 Å². The van der Waals surface area contributed by atoms with Crippen molar-refractivity contribution in [3.05, 3.63) is 59.7 Å². The molecule has 0 saturated carbocycles. The lowest BCUT2D eigenvalue weighted by molar-refractivity contribution is -0.141. The number of fused-ring (bicyclic) bond motifs is 3. The molecule has 0 radical (unpaired) electrons. The number of carbonyl (C=O) groups excluding carboxylic acids is 2. The van der Waals surface area contributed by atoms with E-state index in [9.17, 15) is 14.4 Å². The first-order valence-electron chi connectivity index (χ1n) is 9.97. The topological polar surface area (TPSA) is 105 Å². The molecular formula is C23H26N2O5. The summed E-state index contributed by atoms with van der Waals surface area (Å²) < 4.78 is 5.46. The fourth-order valence-corrected chi connectivity index (χ4v) is 3.66. The summed E-state index contributed by atoms with van der Waals surface area (Å²) in [5, 5.41) is 13.9. The Hall–Kier alpha value is -3.35. The zero-order valence-electron chi connectivity index (χ0n) is 17.1. The fourth-order valence-electron chi connectivity index (χ4n) is 3.66. The second-order valence-corrected chi connectivity index (χ2v) is 7.64. The van der Waals surface area contributed by atoms with E-state index >= 15 is 0 Å². The standard InChI is InChI=1S/C23H26N2O5/c1-14(11-21(26)25-15(2)22(27)28)12-24-23(29)30-13-20-18-9-5-3-7-16(18)17-8-4-6-10-19(17)20/h3-10,14-15,20H,11-13H2,1-2H3,(H,24,29)(H,25,26)(H,27,28). The normalized spacial score (nSPS) is 14.2. The highest BCUT2D eigenvalue weighted by molar-refractivity contribution is 5.83. The maximum atomic E-state index is 12.2. The van der Waals surface area contributed by atoms with Crippen LogP contribution >= 0.6 is 0 Å². The van der Waals surface area contributed by atoms with Gasteiger partial charge in [-0.3, -0.25) is 9.59 Å². The lowest BCUT2D eigenvalue weighted by atomic mass is 9.98. The van der Waals surface area contributed by atoms with Gasteiger partial charge in [-0.2, -0.15) is 0 Å². The van der Waals surface area contributed by atoms with Crippen molar-refractivity contribution < 1.29 is 24.2 Å². The number of hydrogen-bond acceptors (Lipinski definition) is 4. The molecule has 1 aliphatic rings. The Morgan fingerprint density at radius 1 is 1.00 bits per heavy atom. The van der Waals surface area contributed by atoms with Crippen LogP contribution in [0.5, 0.6) is 0 Å². The van der Waals surface area contributed by atoms with Crippen molar-refractivity contribution in [2.45, 2.75) is 32.2 Å². The Labute approximate surface area is 175 Å². The molecule has 3 rings (SSSR count). The van der Waals surface area contributed by atoms with Crippen LogP contribution < -0.4 is 10.6 Å². The molecule has 2 aromatic carbocycles. The van der Waals surface area contributed by atoms with Gasteiger partial charge < -0.3 is 20.5 Å². The number of benzene rings is 2. The third-order valence-corrected chi connectivity index (χ3v) is 5.22. The van der Waals surface area contributed by atoms with Gasteiger partial charge in [-0.15, -0.1) is 0 Å². The first kappa shape index (κ1) is 21.4. The van der Waals surface area contributed by atoms with E-state index in [4.69, 9.17) is 9.84 Å². The Balaban J connectivity index is 1.48. The van der Waals surface area contributed by atoms with Crippen LogP contribution in [-0.2, 0) is 14.3 Å². The van der Waals surface area contributed by atoms with Crippen molar-refractivity contribution in [3.63, 3.8) is 0 Å². The highest BCUT2D eigenvalue weighted by Crippen LogP contribution is 2.44. The molecule has 7 heteroatoms. The second-order valence-electron chi connectivity index (χ2n) is 7.64. The van der Waals surface area contributed by atoms with Crippen molar-refractivity contribution in [2.24, 2.45) is 5.92 Å². The summed E-state index contributed by atoms with van der Waals surface area (Å²) in [5.74, 6) is -1.63. The number of amides is 2. The quantitative estimate of drug-likeness (QED) is 0.620. The molecule has 2 amide bonds. The number of alkyl carbamates (subject to hydrolysis) is 1. The van der Waals surface area contributed by atoms with E-state index in [1.54, 1.807) is 6.92 Å². The maximum absolute atomic E-state index is 12.2. The van der Waals surface area contributed by atoms with Crippen LogP contribution in [-0.4, -0.2) is 42.3 Å². The first-order valence-corrected chi connectivity index (χ1v) is 9.97. The van der Waals surface area contributed by atoms with E-state index in [2.05, 4.69) is 34.9 Å². The predicted octanol–water partition coefficient (Wildman–Crippen LogP) is 3.14. The van der Waals surface area contributed by atoms with E-state index in [-0.39, 0.29) is 37.3 Å². The summed E-state index contributed by atoms with van der Waals surface area (Å²) in [6, 6.07) is 15.3. The summed E-state index contributed by atoms with van der Waals surface area (Å²) in [4.78, 5) is 34.8. The molecule has 0 spiro atoms. The molecule has 2 atom stereocenters. The molecule has 0 saturated heterocycles. The SMILES string of the molecule is CC(CNC(=O)OCC1c2ccccc2-c2ccccc21)CC(=O)NC(C)C(=O)O. The van der Waals surface area contributed by atoms with Gasteiger partial charge >= 0.3 is 12.1 Å². The van der Waals surface area contributed by atoms with Crippen LogP contribution in [0, 0.1) is 5.92 Å². The zero-order chi connectivity index (χ0) is 21.7. The maximum Gasteiger partial charge on any atom is 0.407 e. The Kier molecular flexibility index (Phi) is 6.72. The molecule has 158 valence electrons. The molecular weight excluding hydrogens is 384 g/mol. The number of rotatable bonds is 8. The summed E-state index contributed by atoms with van der Waals surface area (Å²) in [5.41, 5.74) is 4.61. The highest BCUT2D eigenvalue weighted by Gasteiger charge is 2.29. The van der Waals surface area contributed by atoms with E-state index < -0.39 is 18.1 Å². The Morgan fingerprint density at radius 2 is 1.57 bits per heavy atom. The summed E-state index contributed by atoms with van der Waals surface area (Å²) in [6.45, 7) is 3.69. The molecule has 1 aliphatic carbocycles. The number of hydrogen-bond donors (Lipinski definition) is 3. The van der Waals surface area contributed by atoms with Gasteiger partial charge in [-0.1, -0.05) is 55.5 Å². The summed E-state index contributed by atoms with van der Waals surface area (Å²) in [6.07, 6.45) is -0.426. The molecule has 3 N–H and O–H groups in total. The van der Waals surface area contributed by atoms with Gasteiger partial charge in [0.05, 0.1) is 0 Å². The minimum Gasteiger partial charge on any atom is -0.480 e. The summed E-state index contributed by atoms with van der Waals surface area (Å²) >= 11 is 0. The van der Waals surface area contributed by atoms with Gasteiger partial charge in [-0.25, -0.2) is 4.79 Å². The molecule has 7 nitrogen and oxygen atoms in total. The van der Waals surface area contributed by atoms with Gasteiger partial charge in [0.1, 0.15) is 12.6 Å². The molecule has 2 unspecified atom stereocenters. The third-order valence-electron chi connectivity index (χ3n) is 5.22. The Morgan fingerprint density at radius 3 is 2.13 bits per heavy atom. The van der Waals surface area contributed by atoms with E-state index in [1.807, 2.05) is 24.3 Å². The van der Waals surface area contributed by atoms with E-state index in [0.29, 0.717) is 0 Å². The number of carboxylic acids is 1. The van der Waals surface area contributed by atoms with Crippen molar-refractivity contribution in [1.82, 2.24) is 10.6 Å². The number of nitrogens with one attached hydrogen (secondary N) is 2. The zero-order valence-corrected chi connectivity index (χ0v) is 17.1. The smallest absolute Gasteiger partial charge is 0.407 e. The van der Waals surface area contributed by atoms with Gasteiger partial charge in [0.15, 0.2) is 0 Å². The third kappa shape index (κ3) is 4.97. The second kappa shape index (κ2) is 9.43.